The van der Waals surface area contributed by atoms with E-state index >= 15 is 0 Å². The fourth-order valence-corrected chi connectivity index (χ4v) is 3.24. The van der Waals surface area contributed by atoms with Crippen LogP contribution in [0.15, 0.2) is 0 Å². The summed E-state index contributed by atoms with van der Waals surface area (Å²) in [5.74, 6) is 0.282. The topological polar surface area (TPSA) is 78.4 Å². The molecular formula is C11H24N2O3S. The van der Waals surface area contributed by atoms with Gasteiger partial charge in [0.2, 0.25) is 0 Å². The Morgan fingerprint density at radius 1 is 1.24 bits per heavy atom. The van der Waals surface area contributed by atoms with Gasteiger partial charge in [0, 0.05) is 25.1 Å². The molecule has 0 radical (unpaired) electrons. The second-order valence-electron chi connectivity index (χ2n) is 5.43. The highest BCUT2D eigenvalue weighted by molar-refractivity contribution is 7.87. The Balaban J connectivity index is 2.43. The van der Waals surface area contributed by atoms with Crippen LogP contribution in [0.1, 0.15) is 39.5 Å². The summed E-state index contributed by atoms with van der Waals surface area (Å²) in [5.41, 5.74) is -0.243. The summed E-state index contributed by atoms with van der Waals surface area (Å²) in [6.07, 6.45) is 3.94. The van der Waals surface area contributed by atoms with Gasteiger partial charge in [0.25, 0.3) is 10.2 Å². The molecule has 1 saturated carbocycles. The molecular weight excluding hydrogens is 240 g/mol. The number of rotatable bonds is 7. The van der Waals surface area contributed by atoms with Gasteiger partial charge in [-0.3, -0.25) is 0 Å². The lowest BCUT2D eigenvalue weighted by Gasteiger charge is -2.26. The van der Waals surface area contributed by atoms with Crippen molar-refractivity contribution in [2.24, 2.45) is 11.3 Å². The van der Waals surface area contributed by atoms with Gasteiger partial charge >= 0.3 is 0 Å². The molecule has 1 aliphatic rings. The van der Waals surface area contributed by atoms with E-state index in [4.69, 9.17) is 0 Å². The molecule has 0 atom stereocenters. The van der Waals surface area contributed by atoms with Crippen LogP contribution in [0.5, 0.6) is 0 Å². The van der Waals surface area contributed by atoms with E-state index in [1.165, 1.54) is 0 Å². The average molecular weight is 264 g/mol. The molecule has 0 saturated heterocycles. The Morgan fingerprint density at radius 3 is 2.29 bits per heavy atom. The van der Waals surface area contributed by atoms with Gasteiger partial charge in [-0.25, -0.2) is 9.44 Å². The first-order valence-electron chi connectivity index (χ1n) is 6.24. The Hall–Kier alpha value is -0.170. The van der Waals surface area contributed by atoms with Gasteiger partial charge in [-0.1, -0.05) is 26.7 Å². The lowest BCUT2D eigenvalue weighted by Crippen LogP contribution is -2.44. The molecule has 0 amide bonds. The van der Waals surface area contributed by atoms with Crippen LogP contribution in [0.2, 0.25) is 0 Å². The molecule has 0 heterocycles. The summed E-state index contributed by atoms with van der Waals surface area (Å²) in [4.78, 5) is 0. The molecule has 0 unspecified atom stereocenters. The molecule has 0 spiro atoms. The van der Waals surface area contributed by atoms with Crippen LogP contribution in [0.4, 0.5) is 0 Å². The monoisotopic (exact) mass is 264 g/mol. The quantitative estimate of drug-likeness (QED) is 0.631. The number of aliphatic hydroxyl groups excluding tert-OH is 1. The first-order valence-corrected chi connectivity index (χ1v) is 7.73. The van der Waals surface area contributed by atoms with Crippen molar-refractivity contribution in [3.63, 3.8) is 0 Å². The zero-order chi connectivity index (χ0) is 12.9. The first-order chi connectivity index (χ1) is 7.89. The van der Waals surface area contributed by atoms with Crippen LogP contribution < -0.4 is 9.44 Å². The third-order valence-electron chi connectivity index (χ3n) is 3.32. The van der Waals surface area contributed by atoms with E-state index in [1.54, 1.807) is 0 Å². The van der Waals surface area contributed by atoms with Crippen LogP contribution in [-0.4, -0.2) is 33.2 Å². The normalized spacial score (nSPS) is 20.0. The molecule has 6 heteroatoms. The Bertz CT molecular complexity index is 322. The smallest absolute Gasteiger partial charge is 0.276 e. The minimum absolute atomic E-state index is 0.0553. The maximum absolute atomic E-state index is 11.6. The number of hydrogen-bond donors (Lipinski definition) is 3. The lowest BCUT2D eigenvalue weighted by atomic mass is 9.88. The molecule has 17 heavy (non-hydrogen) atoms. The van der Waals surface area contributed by atoms with Gasteiger partial charge in [-0.2, -0.15) is 8.42 Å². The largest absolute Gasteiger partial charge is 0.396 e. The molecule has 0 aromatic heterocycles. The predicted molar refractivity (Wildman–Crippen MR) is 67.8 cm³/mol. The van der Waals surface area contributed by atoms with Crippen LogP contribution in [0, 0.1) is 11.3 Å². The average Bonchev–Trinajstić information content (AvgIpc) is 2.74. The highest BCUT2D eigenvalue weighted by Gasteiger charge is 2.34. The van der Waals surface area contributed by atoms with Crippen molar-refractivity contribution in [1.29, 1.82) is 0 Å². The van der Waals surface area contributed by atoms with Crippen LogP contribution >= 0.6 is 0 Å². The van der Waals surface area contributed by atoms with Gasteiger partial charge in [-0.15, -0.1) is 0 Å². The Morgan fingerprint density at radius 2 is 1.82 bits per heavy atom. The Kier molecular flexibility index (Phi) is 5.37. The van der Waals surface area contributed by atoms with Gasteiger partial charge < -0.3 is 5.11 Å². The van der Waals surface area contributed by atoms with Gasteiger partial charge in [0.1, 0.15) is 0 Å². The van der Waals surface area contributed by atoms with E-state index in [2.05, 4.69) is 9.44 Å². The van der Waals surface area contributed by atoms with Gasteiger partial charge in [-0.05, 0) is 18.8 Å². The third kappa shape index (κ3) is 4.91. The molecule has 5 nitrogen and oxygen atoms in total. The Labute approximate surface area is 104 Å². The zero-order valence-electron chi connectivity index (χ0n) is 10.7. The summed E-state index contributed by atoms with van der Waals surface area (Å²) in [6.45, 7) is 4.72. The fraction of sp³-hybridized carbons (Fsp3) is 1.00. The summed E-state index contributed by atoms with van der Waals surface area (Å²) < 4.78 is 28.3. The molecule has 0 aromatic rings. The molecule has 3 N–H and O–H groups in total. The van der Waals surface area contributed by atoms with E-state index in [0.29, 0.717) is 13.1 Å². The number of nitrogens with one attached hydrogen (secondary N) is 2. The molecule has 102 valence electrons. The molecule has 0 aromatic carbocycles. The second kappa shape index (κ2) is 6.13. The van der Waals surface area contributed by atoms with Gasteiger partial charge in [0.05, 0.1) is 0 Å². The van der Waals surface area contributed by atoms with Crippen molar-refractivity contribution in [3.05, 3.63) is 0 Å². The second-order valence-corrected chi connectivity index (χ2v) is 7.02. The molecule has 0 bridgehead atoms. The van der Waals surface area contributed by atoms with E-state index in [9.17, 15) is 13.5 Å². The summed E-state index contributed by atoms with van der Waals surface area (Å²) in [5, 5.41) is 9.38. The molecule has 0 aliphatic heterocycles. The minimum atomic E-state index is -3.42. The number of aliphatic hydroxyl groups is 1. The highest BCUT2D eigenvalue weighted by Crippen LogP contribution is 2.36. The maximum atomic E-state index is 11.6. The standard InChI is InChI=1S/C11H24N2O3S/c1-10(2)7-12-17(15,16)13-8-11(9-14)5-3-4-6-11/h10,12-14H,3-9H2,1-2H3. The maximum Gasteiger partial charge on any atom is 0.276 e. The molecule has 1 rings (SSSR count). The van der Waals surface area contributed by atoms with Crippen molar-refractivity contribution >= 4 is 10.2 Å². The van der Waals surface area contributed by atoms with Crippen LogP contribution in [-0.2, 0) is 10.2 Å². The number of hydrogen-bond acceptors (Lipinski definition) is 3. The summed E-state index contributed by atoms with van der Waals surface area (Å²) in [6, 6.07) is 0. The third-order valence-corrected chi connectivity index (χ3v) is 4.39. The molecule has 1 aliphatic carbocycles. The SMILES string of the molecule is CC(C)CNS(=O)(=O)NCC1(CO)CCCC1. The fourth-order valence-electron chi connectivity index (χ4n) is 2.09. The van der Waals surface area contributed by atoms with Gasteiger partial charge in [0.15, 0.2) is 0 Å². The van der Waals surface area contributed by atoms with Crippen molar-refractivity contribution in [1.82, 2.24) is 9.44 Å². The van der Waals surface area contributed by atoms with E-state index in [-0.39, 0.29) is 17.9 Å². The van der Waals surface area contributed by atoms with Crippen molar-refractivity contribution in [2.45, 2.75) is 39.5 Å². The van der Waals surface area contributed by atoms with Crippen molar-refractivity contribution < 1.29 is 13.5 Å². The lowest BCUT2D eigenvalue weighted by molar-refractivity contribution is 0.134. The summed E-state index contributed by atoms with van der Waals surface area (Å²) in [7, 11) is -3.42. The van der Waals surface area contributed by atoms with E-state index < -0.39 is 10.2 Å². The highest BCUT2D eigenvalue weighted by atomic mass is 32.2. The van der Waals surface area contributed by atoms with E-state index in [0.717, 1.165) is 25.7 Å². The minimum Gasteiger partial charge on any atom is -0.396 e. The van der Waals surface area contributed by atoms with Crippen LogP contribution in [0.3, 0.4) is 0 Å². The molecule has 1 fully saturated rings. The van der Waals surface area contributed by atoms with E-state index in [1.807, 2.05) is 13.8 Å². The summed E-state index contributed by atoms with van der Waals surface area (Å²) >= 11 is 0. The zero-order valence-corrected chi connectivity index (χ0v) is 11.5. The van der Waals surface area contributed by atoms with Crippen molar-refractivity contribution in [2.75, 3.05) is 19.7 Å². The predicted octanol–water partition coefficient (Wildman–Crippen LogP) is 0.619. The van der Waals surface area contributed by atoms with Crippen LogP contribution in [0.25, 0.3) is 0 Å². The first kappa shape index (κ1) is 14.9. The van der Waals surface area contributed by atoms with Crippen molar-refractivity contribution in [3.8, 4) is 0 Å².